The molecule has 152 valence electrons. The number of nitrogens with zero attached hydrogens (tertiary/aromatic N) is 2. The predicted octanol–water partition coefficient (Wildman–Crippen LogP) is 0.951. The highest BCUT2D eigenvalue weighted by Gasteiger charge is 2.52. The normalized spacial score (nSPS) is 21.8. The average molecular weight is 387 g/mol. The first kappa shape index (κ1) is 20.3. The summed E-state index contributed by atoms with van der Waals surface area (Å²) < 4.78 is 5.90. The van der Waals surface area contributed by atoms with Gasteiger partial charge in [0.2, 0.25) is 5.91 Å². The minimum Gasteiger partial charge on any atom is -0.548 e. The molecule has 3 rings (SSSR count). The quantitative estimate of drug-likeness (QED) is 0.754. The van der Waals surface area contributed by atoms with Crippen LogP contribution in [0.25, 0.3) is 0 Å². The first-order valence-corrected chi connectivity index (χ1v) is 9.60. The minimum absolute atomic E-state index is 0.0355. The molecule has 0 unspecified atom stereocenters. The van der Waals surface area contributed by atoms with Gasteiger partial charge < -0.3 is 19.5 Å². The molecule has 7 nitrogen and oxygen atoms in total. The second-order valence-electron chi connectivity index (χ2n) is 8.68. The van der Waals surface area contributed by atoms with Crippen LogP contribution in [0.5, 0.6) is 0 Å². The zero-order chi connectivity index (χ0) is 20.7. The molecular weight excluding hydrogens is 360 g/mol. The first-order valence-electron chi connectivity index (χ1n) is 9.60. The Balaban J connectivity index is 1.87. The molecule has 0 aliphatic carbocycles. The van der Waals surface area contributed by atoms with Crippen LogP contribution in [0.4, 0.5) is 0 Å². The molecule has 2 fully saturated rings. The van der Waals surface area contributed by atoms with Crippen LogP contribution in [0, 0.1) is 12.3 Å². The number of carboxylic acid groups (broad SMARTS) is 1. The van der Waals surface area contributed by atoms with Gasteiger partial charge in [-0.05, 0) is 19.1 Å². The van der Waals surface area contributed by atoms with Crippen molar-refractivity contribution in [3.05, 3.63) is 35.4 Å². The van der Waals surface area contributed by atoms with Gasteiger partial charge in [-0.2, -0.15) is 0 Å². The topological polar surface area (TPSA) is 90.0 Å². The summed E-state index contributed by atoms with van der Waals surface area (Å²) in [4.78, 5) is 40.6. The largest absolute Gasteiger partial charge is 0.548 e. The maximum Gasteiger partial charge on any atom is 0.256 e. The smallest absolute Gasteiger partial charge is 0.256 e. The van der Waals surface area contributed by atoms with E-state index in [0.29, 0.717) is 31.5 Å². The van der Waals surface area contributed by atoms with Crippen molar-refractivity contribution in [3.63, 3.8) is 0 Å². The van der Waals surface area contributed by atoms with Crippen LogP contribution in [-0.2, 0) is 14.3 Å². The van der Waals surface area contributed by atoms with Gasteiger partial charge in [0.25, 0.3) is 5.91 Å². The Morgan fingerprint density at radius 1 is 1.18 bits per heavy atom. The zero-order valence-corrected chi connectivity index (χ0v) is 16.9. The molecule has 2 saturated heterocycles. The first-order chi connectivity index (χ1) is 13.0. The fraction of sp³-hybridized carbons (Fsp3) is 0.571. The molecule has 1 atom stereocenters. The lowest BCUT2D eigenvalue weighted by Crippen LogP contribution is -2.60. The van der Waals surface area contributed by atoms with Crippen LogP contribution in [0.2, 0.25) is 0 Å². The van der Waals surface area contributed by atoms with E-state index in [0.717, 1.165) is 5.56 Å². The Hall–Kier alpha value is -2.41. The second-order valence-corrected chi connectivity index (χ2v) is 8.68. The summed E-state index contributed by atoms with van der Waals surface area (Å²) in [5, 5.41) is 11.7. The van der Waals surface area contributed by atoms with E-state index in [9.17, 15) is 19.5 Å². The van der Waals surface area contributed by atoms with Gasteiger partial charge in [0.05, 0.1) is 18.6 Å². The monoisotopic (exact) mass is 387 g/mol. The van der Waals surface area contributed by atoms with E-state index >= 15 is 0 Å². The lowest BCUT2D eigenvalue weighted by molar-refractivity contribution is -0.310. The summed E-state index contributed by atoms with van der Waals surface area (Å²) in [5.41, 5.74) is -0.189. The lowest BCUT2D eigenvalue weighted by atomic mass is 9.91. The van der Waals surface area contributed by atoms with Crippen molar-refractivity contribution >= 4 is 17.8 Å². The van der Waals surface area contributed by atoms with Gasteiger partial charge >= 0.3 is 0 Å². The van der Waals surface area contributed by atoms with E-state index in [4.69, 9.17) is 4.74 Å². The number of rotatable bonds is 2. The number of benzene rings is 1. The second kappa shape index (κ2) is 7.20. The third-order valence-corrected chi connectivity index (χ3v) is 5.49. The highest BCUT2D eigenvalue weighted by Crippen LogP contribution is 2.39. The Bertz CT molecular complexity index is 790. The summed E-state index contributed by atoms with van der Waals surface area (Å²) in [5.74, 6) is -1.68. The molecule has 0 radical (unpaired) electrons. The van der Waals surface area contributed by atoms with E-state index in [-0.39, 0.29) is 18.4 Å². The summed E-state index contributed by atoms with van der Waals surface area (Å²) in [7, 11) is 0. The molecule has 0 saturated carbocycles. The molecule has 2 aliphatic heterocycles. The summed E-state index contributed by atoms with van der Waals surface area (Å²) in [6.07, 6.45) is 0.742. The number of carboxylic acids is 1. The van der Waals surface area contributed by atoms with E-state index in [1.165, 1.54) is 4.90 Å². The van der Waals surface area contributed by atoms with Gasteiger partial charge in [0, 0.05) is 36.9 Å². The SMILES string of the molecule is Cc1cccc(C(=O)N2[C@@H](C(=O)[O-])COC23CCN(C(=O)C(C)(C)C)CC3)c1. The predicted molar refractivity (Wildman–Crippen MR) is 100 cm³/mol. The number of aliphatic carboxylic acids is 1. The number of hydrogen-bond acceptors (Lipinski definition) is 5. The highest BCUT2D eigenvalue weighted by molar-refractivity contribution is 5.97. The number of hydrogen-bond donors (Lipinski definition) is 0. The number of piperidine rings is 1. The number of aryl methyl sites for hydroxylation is 1. The fourth-order valence-electron chi connectivity index (χ4n) is 4.00. The molecule has 0 aromatic heterocycles. The van der Waals surface area contributed by atoms with E-state index in [1.807, 2.05) is 33.8 Å². The highest BCUT2D eigenvalue weighted by atomic mass is 16.5. The van der Waals surface area contributed by atoms with Crippen molar-refractivity contribution in [3.8, 4) is 0 Å². The molecule has 0 bridgehead atoms. The van der Waals surface area contributed by atoms with Crippen molar-refractivity contribution in [2.75, 3.05) is 19.7 Å². The molecule has 1 aromatic carbocycles. The molecule has 2 aliphatic rings. The van der Waals surface area contributed by atoms with E-state index in [1.54, 1.807) is 23.1 Å². The number of ether oxygens (including phenoxy) is 1. The summed E-state index contributed by atoms with van der Waals surface area (Å²) in [6.45, 7) is 8.19. The molecule has 7 heteroatoms. The minimum atomic E-state index is -1.33. The summed E-state index contributed by atoms with van der Waals surface area (Å²) in [6, 6.07) is 5.91. The number of amides is 2. The third kappa shape index (κ3) is 3.63. The van der Waals surface area contributed by atoms with Crippen molar-refractivity contribution in [1.82, 2.24) is 9.80 Å². The Kier molecular flexibility index (Phi) is 5.23. The molecule has 2 amide bonds. The fourth-order valence-corrected chi connectivity index (χ4v) is 4.00. The molecule has 1 spiro atoms. The van der Waals surface area contributed by atoms with Gasteiger partial charge in [-0.3, -0.25) is 14.5 Å². The Labute approximate surface area is 165 Å². The van der Waals surface area contributed by atoms with Gasteiger partial charge in [-0.25, -0.2) is 0 Å². The van der Waals surface area contributed by atoms with Crippen LogP contribution >= 0.6 is 0 Å². The van der Waals surface area contributed by atoms with Gasteiger partial charge in [0.1, 0.15) is 5.72 Å². The van der Waals surface area contributed by atoms with Crippen molar-refractivity contribution in [2.24, 2.45) is 5.41 Å². The van der Waals surface area contributed by atoms with Crippen LogP contribution in [-0.4, -0.2) is 59.0 Å². The maximum absolute atomic E-state index is 13.2. The van der Waals surface area contributed by atoms with Gasteiger partial charge in [-0.1, -0.05) is 38.5 Å². The molecule has 28 heavy (non-hydrogen) atoms. The van der Waals surface area contributed by atoms with Crippen LogP contribution < -0.4 is 5.11 Å². The Morgan fingerprint density at radius 2 is 1.82 bits per heavy atom. The third-order valence-electron chi connectivity index (χ3n) is 5.49. The molecule has 0 N–H and O–H groups in total. The zero-order valence-electron chi connectivity index (χ0n) is 16.9. The van der Waals surface area contributed by atoms with E-state index in [2.05, 4.69) is 0 Å². The molecule has 2 heterocycles. The van der Waals surface area contributed by atoms with E-state index < -0.39 is 23.2 Å². The van der Waals surface area contributed by atoms with Crippen molar-refractivity contribution in [1.29, 1.82) is 0 Å². The lowest BCUT2D eigenvalue weighted by Gasteiger charge is -2.45. The van der Waals surface area contributed by atoms with Gasteiger partial charge in [0.15, 0.2) is 0 Å². The standard InChI is InChI=1S/C21H28N2O5/c1-14-6-5-7-15(12-14)17(24)23-16(18(25)26)13-28-21(23)8-10-22(11-9-21)19(27)20(2,3)4/h5-7,12,16H,8-11,13H2,1-4H3,(H,25,26)/p-1/t16-/m1/s1. The number of carbonyl (C=O) groups excluding carboxylic acids is 3. The van der Waals surface area contributed by atoms with Crippen molar-refractivity contribution in [2.45, 2.75) is 52.3 Å². The Morgan fingerprint density at radius 3 is 2.36 bits per heavy atom. The number of carbonyl (C=O) groups is 3. The molecular formula is C21H27N2O5-. The number of likely N-dealkylation sites (tertiary alicyclic amines) is 1. The maximum atomic E-state index is 13.2. The summed E-state index contributed by atoms with van der Waals surface area (Å²) >= 11 is 0. The van der Waals surface area contributed by atoms with Crippen LogP contribution in [0.15, 0.2) is 24.3 Å². The van der Waals surface area contributed by atoms with Crippen molar-refractivity contribution < 1.29 is 24.2 Å². The molecule has 1 aromatic rings. The van der Waals surface area contributed by atoms with Gasteiger partial charge in [-0.15, -0.1) is 0 Å². The van der Waals surface area contributed by atoms with Crippen LogP contribution in [0.1, 0.15) is 49.5 Å². The average Bonchev–Trinajstić information content (AvgIpc) is 2.99. The van der Waals surface area contributed by atoms with Crippen LogP contribution in [0.3, 0.4) is 0 Å².